The van der Waals surface area contributed by atoms with Crippen molar-refractivity contribution in [2.24, 2.45) is 7.05 Å². The van der Waals surface area contributed by atoms with Crippen LogP contribution < -0.4 is 5.73 Å². The molecule has 0 aliphatic rings. The molecule has 1 rings (SSSR count). The Morgan fingerprint density at radius 2 is 2.29 bits per heavy atom. The molecule has 4 nitrogen and oxygen atoms in total. The van der Waals surface area contributed by atoms with Crippen LogP contribution in [0.4, 0.5) is 5.69 Å². The maximum atomic E-state index is 12.2. The lowest BCUT2D eigenvalue weighted by atomic mass is 10.2. The number of thioether (sulfide) groups is 1. The summed E-state index contributed by atoms with van der Waals surface area (Å²) in [4.78, 5) is 14.0. The molecule has 1 heterocycles. The average molecular weight is 255 g/mol. The Morgan fingerprint density at radius 1 is 1.65 bits per heavy atom. The van der Waals surface area contributed by atoms with E-state index in [0.717, 1.165) is 12.2 Å². The molecular formula is C12H21N3OS. The van der Waals surface area contributed by atoms with Crippen LogP contribution in [0, 0.1) is 0 Å². The summed E-state index contributed by atoms with van der Waals surface area (Å²) in [7, 11) is 3.68. The maximum Gasteiger partial charge on any atom is 0.270 e. The highest BCUT2D eigenvalue weighted by Crippen LogP contribution is 2.14. The van der Waals surface area contributed by atoms with Gasteiger partial charge in [-0.3, -0.25) is 4.79 Å². The number of amides is 1. The second-order valence-corrected chi connectivity index (χ2v) is 5.30. The minimum absolute atomic E-state index is 0.0257. The van der Waals surface area contributed by atoms with E-state index in [1.807, 2.05) is 14.1 Å². The molecule has 1 amide bonds. The monoisotopic (exact) mass is 255 g/mol. The third-order valence-corrected chi connectivity index (χ3v) is 3.61. The maximum absolute atomic E-state index is 12.2. The Balaban J connectivity index is 2.72. The van der Waals surface area contributed by atoms with E-state index < -0.39 is 0 Å². The molecule has 1 aromatic rings. The van der Waals surface area contributed by atoms with Gasteiger partial charge in [-0.05, 0) is 31.4 Å². The molecule has 0 bridgehead atoms. The van der Waals surface area contributed by atoms with Crippen molar-refractivity contribution in [3.8, 4) is 0 Å². The van der Waals surface area contributed by atoms with Crippen LogP contribution in [0.2, 0.25) is 0 Å². The van der Waals surface area contributed by atoms with Gasteiger partial charge in [0.2, 0.25) is 0 Å². The van der Waals surface area contributed by atoms with E-state index in [1.54, 1.807) is 33.5 Å². The highest BCUT2D eigenvalue weighted by atomic mass is 32.2. The van der Waals surface area contributed by atoms with Gasteiger partial charge in [0.25, 0.3) is 5.91 Å². The van der Waals surface area contributed by atoms with Crippen LogP contribution in [0.15, 0.2) is 12.3 Å². The Bertz CT molecular complexity index is 389. The third kappa shape index (κ3) is 3.43. The van der Waals surface area contributed by atoms with Crippen molar-refractivity contribution in [1.29, 1.82) is 0 Å². The zero-order chi connectivity index (χ0) is 13.0. The fourth-order valence-electron chi connectivity index (χ4n) is 1.67. The van der Waals surface area contributed by atoms with Gasteiger partial charge in [0, 0.05) is 26.3 Å². The van der Waals surface area contributed by atoms with Crippen molar-refractivity contribution >= 4 is 23.4 Å². The first-order valence-corrected chi connectivity index (χ1v) is 7.04. The normalized spacial score (nSPS) is 12.5. The highest BCUT2D eigenvalue weighted by molar-refractivity contribution is 7.98. The molecule has 0 saturated carbocycles. The summed E-state index contributed by atoms with van der Waals surface area (Å²) in [5.41, 5.74) is 6.94. The number of carbonyl (C=O) groups is 1. The molecule has 2 N–H and O–H groups in total. The van der Waals surface area contributed by atoms with Gasteiger partial charge in [-0.25, -0.2) is 0 Å². The summed E-state index contributed by atoms with van der Waals surface area (Å²) in [6.45, 7) is 2.07. The van der Waals surface area contributed by atoms with Crippen molar-refractivity contribution < 1.29 is 4.79 Å². The zero-order valence-corrected chi connectivity index (χ0v) is 11.8. The summed E-state index contributed by atoms with van der Waals surface area (Å²) >= 11 is 1.80. The first-order chi connectivity index (χ1) is 7.97. The lowest BCUT2D eigenvalue weighted by Crippen LogP contribution is -2.36. The molecule has 1 aromatic heterocycles. The lowest BCUT2D eigenvalue weighted by Gasteiger charge is -2.24. The molecular weight excluding hydrogens is 234 g/mol. The van der Waals surface area contributed by atoms with Crippen molar-refractivity contribution in [3.05, 3.63) is 18.0 Å². The number of anilines is 1. The largest absolute Gasteiger partial charge is 0.397 e. The van der Waals surface area contributed by atoms with Gasteiger partial charge in [0.1, 0.15) is 5.69 Å². The Morgan fingerprint density at radius 3 is 2.76 bits per heavy atom. The number of nitrogens with two attached hydrogens (primary N) is 1. The molecule has 96 valence electrons. The van der Waals surface area contributed by atoms with E-state index in [-0.39, 0.29) is 11.9 Å². The van der Waals surface area contributed by atoms with E-state index in [0.29, 0.717) is 11.4 Å². The van der Waals surface area contributed by atoms with Crippen LogP contribution in [0.25, 0.3) is 0 Å². The van der Waals surface area contributed by atoms with Gasteiger partial charge in [0.15, 0.2) is 0 Å². The number of carbonyl (C=O) groups excluding carboxylic acids is 1. The van der Waals surface area contributed by atoms with Gasteiger partial charge < -0.3 is 15.2 Å². The van der Waals surface area contributed by atoms with Crippen LogP contribution in [0.5, 0.6) is 0 Å². The molecule has 0 aliphatic heterocycles. The number of aromatic nitrogens is 1. The molecule has 0 aliphatic carbocycles. The molecule has 1 atom stereocenters. The summed E-state index contributed by atoms with van der Waals surface area (Å²) in [5, 5.41) is 0. The molecule has 5 heteroatoms. The van der Waals surface area contributed by atoms with Gasteiger partial charge in [-0.2, -0.15) is 11.8 Å². The van der Waals surface area contributed by atoms with E-state index in [1.165, 1.54) is 0 Å². The molecule has 17 heavy (non-hydrogen) atoms. The van der Waals surface area contributed by atoms with Crippen LogP contribution in [-0.2, 0) is 7.05 Å². The summed E-state index contributed by atoms with van der Waals surface area (Å²) in [6.07, 6.45) is 4.84. The number of hydrogen-bond donors (Lipinski definition) is 1. The SMILES string of the molecule is CSCCC(C)N(C)C(=O)c1cc(N)cn1C. The van der Waals surface area contributed by atoms with Crippen molar-refractivity contribution in [2.45, 2.75) is 19.4 Å². The third-order valence-electron chi connectivity index (χ3n) is 2.97. The number of rotatable bonds is 5. The van der Waals surface area contributed by atoms with Crippen LogP contribution in [0.1, 0.15) is 23.8 Å². The zero-order valence-electron chi connectivity index (χ0n) is 10.9. The quantitative estimate of drug-likeness (QED) is 0.873. The number of aryl methyl sites for hydroxylation is 1. The smallest absolute Gasteiger partial charge is 0.270 e. The fourth-order valence-corrected chi connectivity index (χ4v) is 2.24. The van der Waals surface area contributed by atoms with Crippen molar-refractivity contribution in [1.82, 2.24) is 9.47 Å². The molecule has 0 fully saturated rings. The Labute approximate surface area is 107 Å². The minimum Gasteiger partial charge on any atom is -0.397 e. The first kappa shape index (κ1) is 14.0. The van der Waals surface area contributed by atoms with Gasteiger partial charge in [0.05, 0.1) is 5.69 Å². The summed E-state index contributed by atoms with van der Waals surface area (Å²) < 4.78 is 1.77. The van der Waals surface area contributed by atoms with E-state index in [4.69, 9.17) is 5.73 Å². The van der Waals surface area contributed by atoms with Crippen LogP contribution in [-0.4, -0.2) is 40.5 Å². The molecule has 0 spiro atoms. The number of nitrogen functional groups attached to an aromatic ring is 1. The van der Waals surface area contributed by atoms with E-state index >= 15 is 0 Å². The topological polar surface area (TPSA) is 51.3 Å². The molecule has 0 saturated heterocycles. The minimum atomic E-state index is 0.0257. The lowest BCUT2D eigenvalue weighted by molar-refractivity contribution is 0.0732. The van der Waals surface area contributed by atoms with Crippen LogP contribution >= 0.6 is 11.8 Å². The second-order valence-electron chi connectivity index (χ2n) is 4.32. The predicted molar refractivity (Wildman–Crippen MR) is 74.4 cm³/mol. The highest BCUT2D eigenvalue weighted by Gasteiger charge is 2.19. The van der Waals surface area contributed by atoms with E-state index in [9.17, 15) is 4.79 Å². The average Bonchev–Trinajstić information content (AvgIpc) is 2.63. The van der Waals surface area contributed by atoms with Gasteiger partial charge >= 0.3 is 0 Å². The predicted octanol–water partition coefficient (Wildman–Crippen LogP) is 1.82. The Kier molecular flexibility index (Phi) is 4.93. The first-order valence-electron chi connectivity index (χ1n) is 5.65. The molecule has 0 aromatic carbocycles. The molecule has 0 radical (unpaired) electrons. The van der Waals surface area contributed by atoms with Gasteiger partial charge in [-0.15, -0.1) is 0 Å². The van der Waals surface area contributed by atoms with Crippen molar-refractivity contribution in [3.63, 3.8) is 0 Å². The van der Waals surface area contributed by atoms with Crippen LogP contribution in [0.3, 0.4) is 0 Å². The fraction of sp³-hybridized carbons (Fsp3) is 0.583. The molecule has 1 unspecified atom stereocenters. The number of nitrogens with zero attached hydrogens (tertiary/aromatic N) is 2. The second kappa shape index (κ2) is 6.00. The van der Waals surface area contributed by atoms with E-state index in [2.05, 4.69) is 13.2 Å². The Hall–Kier alpha value is -1.10. The summed E-state index contributed by atoms with van der Waals surface area (Å²) in [5.74, 6) is 1.09. The standard InChI is InChI=1S/C12H21N3OS/c1-9(5-6-17-4)15(3)12(16)11-7-10(13)8-14(11)2/h7-9H,5-6,13H2,1-4H3. The van der Waals surface area contributed by atoms with Gasteiger partial charge in [-0.1, -0.05) is 0 Å². The number of hydrogen-bond acceptors (Lipinski definition) is 3. The van der Waals surface area contributed by atoms with Crippen molar-refractivity contribution in [2.75, 3.05) is 24.8 Å². The summed E-state index contributed by atoms with van der Waals surface area (Å²) in [6, 6.07) is 1.96.